The van der Waals surface area contributed by atoms with Crippen molar-refractivity contribution in [2.45, 2.75) is 64.1 Å². The second-order valence-corrected chi connectivity index (χ2v) is 6.79. The second kappa shape index (κ2) is 8.83. The van der Waals surface area contributed by atoms with Crippen LogP contribution in [0.1, 0.15) is 57.6 Å². The van der Waals surface area contributed by atoms with Crippen LogP contribution in [0.25, 0.3) is 0 Å². The normalized spacial score (nSPS) is 18.6. The van der Waals surface area contributed by atoms with Crippen LogP contribution in [0.2, 0.25) is 0 Å². The highest BCUT2D eigenvalue weighted by Gasteiger charge is 2.32. The molecule has 3 N–H and O–H groups in total. The third-order valence-corrected chi connectivity index (χ3v) is 4.66. The molecule has 1 aromatic rings. The summed E-state index contributed by atoms with van der Waals surface area (Å²) < 4.78 is 0. The summed E-state index contributed by atoms with van der Waals surface area (Å²) in [7, 11) is 0. The van der Waals surface area contributed by atoms with Crippen molar-refractivity contribution in [2.24, 2.45) is 5.92 Å². The van der Waals surface area contributed by atoms with Gasteiger partial charge in [-0.1, -0.05) is 43.2 Å². The van der Waals surface area contributed by atoms with Crippen molar-refractivity contribution in [3.8, 4) is 0 Å². The Morgan fingerprint density at radius 3 is 2.38 bits per heavy atom. The van der Waals surface area contributed by atoms with Crippen molar-refractivity contribution in [1.82, 2.24) is 10.6 Å². The average molecular weight is 332 g/mol. The fourth-order valence-electron chi connectivity index (χ4n) is 3.44. The number of hydrogen-bond donors (Lipinski definition) is 3. The number of nitrogens with one attached hydrogen (secondary N) is 2. The van der Waals surface area contributed by atoms with E-state index in [1.165, 1.54) is 6.92 Å². The van der Waals surface area contributed by atoms with Crippen LogP contribution in [0.3, 0.4) is 0 Å². The van der Waals surface area contributed by atoms with Crippen molar-refractivity contribution in [1.29, 1.82) is 0 Å². The molecule has 0 saturated heterocycles. The zero-order valence-corrected chi connectivity index (χ0v) is 14.5. The quantitative estimate of drug-likeness (QED) is 0.717. The molecule has 2 rings (SSSR count). The van der Waals surface area contributed by atoms with Gasteiger partial charge in [0.05, 0.1) is 6.10 Å². The number of carbonyl (C=O) groups excluding carboxylic acids is 2. The molecule has 3 unspecified atom stereocenters. The van der Waals surface area contributed by atoms with Crippen molar-refractivity contribution < 1.29 is 14.7 Å². The maximum Gasteiger partial charge on any atom is 0.243 e. The Bertz CT molecular complexity index is 541. The lowest BCUT2D eigenvalue weighted by molar-refractivity contribution is -0.130. The van der Waals surface area contributed by atoms with Gasteiger partial charge >= 0.3 is 0 Å². The number of hydrogen-bond acceptors (Lipinski definition) is 3. The summed E-state index contributed by atoms with van der Waals surface area (Å²) in [6.07, 6.45) is 3.98. The van der Waals surface area contributed by atoms with Gasteiger partial charge in [-0.05, 0) is 37.7 Å². The Balaban J connectivity index is 1.91. The largest absolute Gasteiger partial charge is 0.388 e. The first kappa shape index (κ1) is 18.5. The van der Waals surface area contributed by atoms with Gasteiger partial charge in [-0.25, -0.2) is 0 Å². The van der Waals surface area contributed by atoms with Crippen LogP contribution in [-0.2, 0) is 9.59 Å². The van der Waals surface area contributed by atoms with E-state index in [4.69, 9.17) is 0 Å². The van der Waals surface area contributed by atoms with Gasteiger partial charge in [0.1, 0.15) is 6.04 Å². The van der Waals surface area contributed by atoms with E-state index in [-0.39, 0.29) is 23.8 Å². The fourth-order valence-corrected chi connectivity index (χ4v) is 3.44. The lowest BCUT2D eigenvalue weighted by Crippen LogP contribution is -2.52. The zero-order valence-electron chi connectivity index (χ0n) is 14.5. The first-order chi connectivity index (χ1) is 11.5. The van der Waals surface area contributed by atoms with E-state index in [1.807, 2.05) is 37.3 Å². The lowest BCUT2D eigenvalue weighted by Gasteiger charge is -2.26. The molecule has 0 bridgehead atoms. The van der Waals surface area contributed by atoms with Gasteiger partial charge in [0.15, 0.2) is 0 Å². The number of carbonyl (C=O) groups is 2. The molecule has 3 atom stereocenters. The van der Waals surface area contributed by atoms with Gasteiger partial charge in [-0.2, -0.15) is 0 Å². The van der Waals surface area contributed by atoms with Gasteiger partial charge in [-0.3, -0.25) is 9.59 Å². The van der Waals surface area contributed by atoms with E-state index in [2.05, 4.69) is 10.6 Å². The van der Waals surface area contributed by atoms with E-state index < -0.39 is 12.1 Å². The van der Waals surface area contributed by atoms with Crippen LogP contribution in [-0.4, -0.2) is 29.0 Å². The molecule has 1 aliphatic carbocycles. The lowest BCUT2D eigenvalue weighted by atomic mass is 9.96. The van der Waals surface area contributed by atoms with Crippen LogP contribution in [0.15, 0.2) is 30.3 Å². The molecule has 5 nitrogen and oxygen atoms in total. The molecule has 0 aromatic heterocycles. The third-order valence-electron chi connectivity index (χ3n) is 4.66. The topological polar surface area (TPSA) is 78.4 Å². The molecule has 1 aliphatic rings. The van der Waals surface area contributed by atoms with Crippen molar-refractivity contribution >= 4 is 11.8 Å². The Labute approximate surface area is 143 Å². The predicted molar refractivity (Wildman–Crippen MR) is 93.2 cm³/mol. The summed E-state index contributed by atoms with van der Waals surface area (Å²) >= 11 is 0. The van der Waals surface area contributed by atoms with Crippen LogP contribution < -0.4 is 10.6 Å². The molecule has 1 fully saturated rings. The van der Waals surface area contributed by atoms with Gasteiger partial charge < -0.3 is 15.7 Å². The van der Waals surface area contributed by atoms with Crippen LogP contribution in [0.4, 0.5) is 0 Å². The van der Waals surface area contributed by atoms with Crippen LogP contribution >= 0.6 is 0 Å². The monoisotopic (exact) mass is 332 g/mol. The molecule has 132 valence electrons. The number of aliphatic hydroxyl groups excluding tert-OH is 1. The molecule has 2 amide bonds. The smallest absolute Gasteiger partial charge is 0.243 e. The van der Waals surface area contributed by atoms with E-state index in [9.17, 15) is 14.7 Å². The van der Waals surface area contributed by atoms with Crippen LogP contribution in [0, 0.1) is 5.92 Å². The van der Waals surface area contributed by atoms with Gasteiger partial charge in [-0.15, -0.1) is 0 Å². The summed E-state index contributed by atoms with van der Waals surface area (Å²) in [5.41, 5.74) is 0.841. The predicted octanol–water partition coefficient (Wildman–Crippen LogP) is 2.31. The highest BCUT2D eigenvalue weighted by molar-refractivity contribution is 5.87. The summed E-state index contributed by atoms with van der Waals surface area (Å²) in [5.74, 6) is -0.121. The summed E-state index contributed by atoms with van der Waals surface area (Å²) in [6, 6.07) is 8.77. The number of amides is 2. The average Bonchev–Trinajstić information content (AvgIpc) is 3.07. The molecule has 0 radical (unpaired) electrons. The molecule has 1 aromatic carbocycles. The summed E-state index contributed by atoms with van der Waals surface area (Å²) in [4.78, 5) is 24.0. The first-order valence-electron chi connectivity index (χ1n) is 8.78. The molecule has 0 aliphatic heterocycles. The van der Waals surface area contributed by atoms with E-state index in [0.717, 1.165) is 31.2 Å². The molecular formula is C19H28N2O3. The number of aliphatic hydroxyl groups is 1. The van der Waals surface area contributed by atoms with E-state index >= 15 is 0 Å². The minimum Gasteiger partial charge on any atom is -0.388 e. The highest BCUT2D eigenvalue weighted by Crippen LogP contribution is 2.28. The Kier molecular flexibility index (Phi) is 6.79. The number of rotatable bonds is 7. The Hall–Kier alpha value is -1.88. The molecule has 0 heterocycles. The van der Waals surface area contributed by atoms with Gasteiger partial charge in [0.2, 0.25) is 11.8 Å². The highest BCUT2D eigenvalue weighted by atomic mass is 16.3. The molecule has 0 spiro atoms. The Morgan fingerprint density at radius 2 is 1.79 bits per heavy atom. The van der Waals surface area contributed by atoms with Gasteiger partial charge in [0, 0.05) is 13.0 Å². The SMILES string of the molecule is CC(=O)NC(C(=O)NC(C)CC(O)c1ccccc1)C1CCCC1. The van der Waals surface area contributed by atoms with Crippen molar-refractivity contribution in [2.75, 3.05) is 0 Å². The third kappa shape index (κ3) is 5.34. The second-order valence-electron chi connectivity index (χ2n) is 6.79. The summed E-state index contributed by atoms with van der Waals surface area (Å²) in [5, 5.41) is 16.0. The molecule has 24 heavy (non-hydrogen) atoms. The number of benzene rings is 1. The Morgan fingerprint density at radius 1 is 1.17 bits per heavy atom. The van der Waals surface area contributed by atoms with E-state index in [0.29, 0.717) is 6.42 Å². The zero-order chi connectivity index (χ0) is 17.5. The van der Waals surface area contributed by atoms with Crippen molar-refractivity contribution in [3.63, 3.8) is 0 Å². The standard InChI is InChI=1S/C19H28N2O3/c1-13(12-17(23)15-8-4-3-5-9-15)20-19(24)18(21-14(2)22)16-10-6-7-11-16/h3-5,8-9,13,16-18,23H,6-7,10-12H2,1-2H3,(H,20,24)(H,21,22). The maximum atomic E-state index is 12.6. The summed E-state index contributed by atoms with van der Waals surface area (Å²) in [6.45, 7) is 3.32. The van der Waals surface area contributed by atoms with Crippen LogP contribution in [0.5, 0.6) is 0 Å². The molecule has 1 saturated carbocycles. The van der Waals surface area contributed by atoms with E-state index in [1.54, 1.807) is 0 Å². The minimum atomic E-state index is -0.618. The first-order valence-corrected chi connectivity index (χ1v) is 8.78. The maximum absolute atomic E-state index is 12.6. The van der Waals surface area contributed by atoms with Crippen molar-refractivity contribution in [3.05, 3.63) is 35.9 Å². The van der Waals surface area contributed by atoms with Gasteiger partial charge in [0.25, 0.3) is 0 Å². The molecule has 5 heteroatoms. The molecular weight excluding hydrogens is 304 g/mol. The fraction of sp³-hybridized carbons (Fsp3) is 0.579. The minimum absolute atomic E-state index is 0.148.